The highest BCUT2D eigenvalue weighted by molar-refractivity contribution is 7.14. The quantitative estimate of drug-likeness (QED) is 0.859. The summed E-state index contributed by atoms with van der Waals surface area (Å²) in [5.41, 5.74) is 1.40. The average Bonchev–Trinajstić information content (AvgIpc) is 2.80. The lowest BCUT2D eigenvalue weighted by atomic mass is 9.99. The van der Waals surface area contributed by atoms with Crippen LogP contribution in [0, 0.1) is 0 Å². The first-order chi connectivity index (χ1) is 8.70. The van der Waals surface area contributed by atoms with E-state index in [1.54, 1.807) is 11.3 Å². The number of rotatable bonds is 5. The third-order valence-corrected chi connectivity index (χ3v) is 4.58. The molecular formula is C14H22N2OS. The molecule has 1 heterocycles. The summed E-state index contributed by atoms with van der Waals surface area (Å²) in [5.74, 6) is 0.0825. The Morgan fingerprint density at radius 3 is 2.94 bits per heavy atom. The highest BCUT2D eigenvalue weighted by Gasteiger charge is 2.17. The second-order valence-electron chi connectivity index (χ2n) is 4.93. The van der Waals surface area contributed by atoms with Gasteiger partial charge in [-0.25, -0.2) is 0 Å². The molecule has 1 aliphatic carbocycles. The summed E-state index contributed by atoms with van der Waals surface area (Å²) >= 11 is 1.68. The Bertz CT molecular complexity index is 390. The molecule has 0 spiro atoms. The van der Waals surface area contributed by atoms with Gasteiger partial charge in [-0.1, -0.05) is 6.92 Å². The Hall–Kier alpha value is -0.870. The van der Waals surface area contributed by atoms with Crippen LogP contribution in [-0.2, 0) is 12.8 Å². The van der Waals surface area contributed by atoms with Crippen LogP contribution in [-0.4, -0.2) is 25.0 Å². The van der Waals surface area contributed by atoms with E-state index in [2.05, 4.69) is 30.5 Å². The fraction of sp³-hybridized carbons (Fsp3) is 0.643. The van der Waals surface area contributed by atoms with Crippen molar-refractivity contribution in [2.24, 2.45) is 0 Å². The van der Waals surface area contributed by atoms with Crippen molar-refractivity contribution in [2.75, 3.05) is 13.1 Å². The number of fused-ring (bicyclic) bond motifs is 1. The van der Waals surface area contributed by atoms with Gasteiger partial charge in [-0.15, -0.1) is 11.3 Å². The van der Waals surface area contributed by atoms with Gasteiger partial charge in [0.05, 0.1) is 4.88 Å². The highest BCUT2D eigenvalue weighted by Crippen LogP contribution is 2.29. The Kier molecular flexibility index (Phi) is 4.78. The van der Waals surface area contributed by atoms with Crippen molar-refractivity contribution in [1.29, 1.82) is 0 Å². The van der Waals surface area contributed by atoms with E-state index in [-0.39, 0.29) is 5.91 Å². The molecule has 1 atom stereocenters. The smallest absolute Gasteiger partial charge is 0.261 e. The van der Waals surface area contributed by atoms with Crippen molar-refractivity contribution in [2.45, 2.75) is 45.6 Å². The molecule has 2 rings (SSSR count). The van der Waals surface area contributed by atoms with Crippen LogP contribution in [0.2, 0.25) is 0 Å². The lowest BCUT2D eigenvalue weighted by molar-refractivity contribution is 0.0954. The zero-order chi connectivity index (χ0) is 13.0. The van der Waals surface area contributed by atoms with Crippen molar-refractivity contribution in [3.05, 3.63) is 21.4 Å². The second-order valence-corrected chi connectivity index (χ2v) is 6.07. The molecule has 0 aliphatic heterocycles. The van der Waals surface area contributed by atoms with Crippen molar-refractivity contribution in [1.82, 2.24) is 10.6 Å². The second kappa shape index (κ2) is 6.34. The zero-order valence-corrected chi connectivity index (χ0v) is 12.0. The van der Waals surface area contributed by atoms with E-state index in [9.17, 15) is 4.79 Å². The van der Waals surface area contributed by atoms with Gasteiger partial charge in [-0.2, -0.15) is 0 Å². The van der Waals surface area contributed by atoms with Gasteiger partial charge in [-0.3, -0.25) is 4.79 Å². The summed E-state index contributed by atoms with van der Waals surface area (Å²) in [5, 5.41) is 6.29. The first kappa shape index (κ1) is 13.6. The van der Waals surface area contributed by atoms with Crippen molar-refractivity contribution in [3.63, 3.8) is 0 Å². The molecule has 0 saturated carbocycles. The van der Waals surface area contributed by atoms with Gasteiger partial charge in [0.1, 0.15) is 0 Å². The largest absolute Gasteiger partial charge is 0.350 e. The van der Waals surface area contributed by atoms with E-state index in [1.807, 2.05) is 0 Å². The van der Waals surface area contributed by atoms with Crippen LogP contribution in [0.1, 0.15) is 46.8 Å². The summed E-state index contributed by atoms with van der Waals surface area (Å²) < 4.78 is 0. The fourth-order valence-corrected chi connectivity index (χ4v) is 3.53. The third kappa shape index (κ3) is 3.33. The van der Waals surface area contributed by atoms with E-state index in [1.165, 1.54) is 23.3 Å². The Balaban J connectivity index is 1.90. The topological polar surface area (TPSA) is 41.1 Å². The van der Waals surface area contributed by atoms with E-state index in [0.29, 0.717) is 12.6 Å². The predicted molar refractivity (Wildman–Crippen MR) is 76.4 cm³/mol. The molecule has 0 unspecified atom stereocenters. The number of carbonyl (C=O) groups excluding carboxylic acids is 1. The number of hydrogen-bond acceptors (Lipinski definition) is 3. The first-order valence-corrected chi connectivity index (χ1v) is 7.65. The van der Waals surface area contributed by atoms with Crippen molar-refractivity contribution in [3.8, 4) is 0 Å². The van der Waals surface area contributed by atoms with Crippen LogP contribution in [0.4, 0.5) is 0 Å². The van der Waals surface area contributed by atoms with E-state index in [0.717, 1.165) is 24.3 Å². The maximum atomic E-state index is 12.0. The molecule has 3 nitrogen and oxygen atoms in total. The zero-order valence-electron chi connectivity index (χ0n) is 11.2. The van der Waals surface area contributed by atoms with Gasteiger partial charge in [0, 0.05) is 17.5 Å². The minimum Gasteiger partial charge on any atom is -0.350 e. The maximum Gasteiger partial charge on any atom is 0.261 e. The molecule has 2 N–H and O–H groups in total. The van der Waals surface area contributed by atoms with Crippen molar-refractivity contribution >= 4 is 17.2 Å². The summed E-state index contributed by atoms with van der Waals surface area (Å²) in [6.07, 6.45) is 4.84. The molecule has 1 amide bonds. The van der Waals surface area contributed by atoms with Crippen LogP contribution >= 0.6 is 11.3 Å². The number of hydrogen-bond donors (Lipinski definition) is 2. The molecule has 18 heavy (non-hydrogen) atoms. The lowest BCUT2D eigenvalue weighted by Gasteiger charge is -2.12. The first-order valence-electron chi connectivity index (χ1n) is 6.84. The molecular weight excluding hydrogens is 244 g/mol. The van der Waals surface area contributed by atoms with E-state index < -0.39 is 0 Å². The molecule has 0 radical (unpaired) electrons. The minimum atomic E-state index is 0.0825. The average molecular weight is 266 g/mol. The standard InChI is InChI=1S/C14H22N2OS/c1-3-15-10(2)9-16-14(17)13-8-11-6-4-5-7-12(11)18-13/h8,10,15H,3-7,9H2,1-2H3,(H,16,17)/t10-/m1/s1. The van der Waals surface area contributed by atoms with Gasteiger partial charge in [0.25, 0.3) is 5.91 Å². The summed E-state index contributed by atoms with van der Waals surface area (Å²) in [6.45, 7) is 5.79. The lowest BCUT2D eigenvalue weighted by Crippen LogP contribution is -2.38. The molecule has 1 aromatic rings. The Morgan fingerprint density at radius 1 is 1.44 bits per heavy atom. The summed E-state index contributed by atoms with van der Waals surface area (Å²) in [4.78, 5) is 14.3. The van der Waals surface area contributed by atoms with Crippen molar-refractivity contribution < 1.29 is 4.79 Å². The summed E-state index contributed by atoms with van der Waals surface area (Å²) in [6, 6.07) is 2.42. The number of nitrogens with one attached hydrogen (secondary N) is 2. The highest BCUT2D eigenvalue weighted by atomic mass is 32.1. The van der Waals surface area contributed by atoms with Gasteiger partial charge < -0.3 is 10.6 Å². The van der Waals surface area contributed by atoms with Gasteiger partial charge in [0.2, 0.25) is 0 Å². The SMILES string of the molecule is CCN[C@H](C)CNC(=O)c1cc2c(s1)CCCC2. The number of carbonyl (C=O) groups is 1. The molecule has 0 fully saturated rings. The van der Waals surface area contributed by atoms with Gasteiger partial charge in [-0.05, 0) is 50.8 Å². The Labute approximate surface area is 113 Å². The number of aryl methyl sites for hydroxylation is 2. The normalized spacial score (nSPS) is 16.1. The molecule has 4 heteroatoms. The predicted octanol–water partition coefficient (Wildman–Crippen LogP) is 2.35. The monoisotopic (exact) mass is 266 g/mol. The summed E-state index contributed by atoms with van der Waals surface area (Å²) in [7, 11) is 0. The third-order valence-electron chi connectivity index (χ3n) is 3.34. The number of thiophene rings is 1. The Morgan fingerprint density at radius 2 is 2.22 bits per heavy atom. The van der Waals surface area contributed by atoms with Crippen LogP contribution in [0.15, 0.2) is 6.07 Å². The minimum absolute atomic E-state index is 0.0825. The van der Waals surface area contributed by atoms with E-state index >= 15 is 0 Å². The molecule has 0 bridgehead atoms. The maximum absolute atomic E-state index is 12.0. The van der Waals surface area contributed by atoms with E-state index in [4.69, 9.17) is 0 Å². The van der Waals surface area contributed by atoms with Crippen LogP contribution in [0.3, 0.4) is 0 Å². The van der Waals surface area contributed by atoms with Gasteiger partial charge >= 0.3 is 0 Å². The fourth-order valence-electron chi connectivity index (χ4n) is 2.36. The van der Waals surface area contributed by atoms with Crippen LogP contribution in [0.25, 0.3) is 0 Å². The molecule has 1 aliphatic rings. The van der Waals surface area contributed by atoms with Gasteiger partial charge in [0.15, 0.2) is 0 Å². The molecule has 0 aromatic carbocycles. The molecule has 0 saturated heterocycles. The van der Waals surface area contributed by atoms with Crippen LogP contribution < -0.4 is 10.6 Å². The molecule has 100 valence electrons. The van der Waals surface area contributed by atoms with Crippen LogP contribution in [0.5, 0.6) is 0 Å². The molecule has 1 aromatic heterocycles. The number of likely N-dealkylation sites (N-methyl/N-ethyl adjacent to an activating group) is 1. The number of amides is 1.